The second-order valence-electron chi connectivity index (χ2n) is 6.12. The third kappa shape index (κ3) is 2.84. The average Bonchev–Trinajstić information content (AvgIpc) is 3.01. The fraction of sp³-hybridized carbons (Fsp3) is 0.263. The molecule has 6 heteroatoms. The lowest BCUT2D eigenvalue weighted by atomic mass is 10.1. The number of nitrogens with one attached hydrogen (secondary N) is 1. The number of hydrogen-bond donors (Lipinski definition) is 1. The minimum atomic E-state index is 0.218. The van der Waals surface area contributed by atoms with E-state index in [1.807, 2.05) is 18.2 Å². The topological polar surface area (TPSA) is 62.9 Å². The molecule has 3 aromatic rings. The lowest BCUT2D eigenvalue weighted by Gasteiger charge is -2.21. The van der Waals surface area contributed by atoms with Gasteiger partial charge in [-0.15, -0.1) is 0 Å². The van der Waals surface area contributed by atoms with Gasteiger partial charge in [0.2, 0.25) is 0 Å². The molecule has 1 N–H and O–H groups in total. The van der Waals surface area contributed by atoms with E-state index in [9.17, 15) is 5.26 Å². The molecule has 1 atom stereocenters. The maximum absolute atomic E-state index is 9.26. The lowest BCUT2D eigenvalue weighted by Crippen LogP contribution is -2.31. The summed E-state index contributed by atoms with van der Waals surface area (Å²) in [5, 5.41) is 13.2. The molecule has 2 aromatic carbocycles. The molecule has 0 saturated carbocycles. The number of aromatic nitrogens is 2. The Labute approximate surface area is 150 Å². The van der Waals surface area contributed by atoms with Crippen molar-refractivity contribution < 1.29 is 4.74 Å². The molecule has 0 fully saturated rings. The van der Waals surface area contributed by atoms with Crippen LogP contribution in [0, 0.1) is 11.3 Å². The number of imidazole rings is 1. The van der Waals surface area contributed by atoms with Gasteiger partial charge in [0.25, 0.3) is 0 Å². The number of fused-ring (bicyclic) bond motifs is 3. The van der Waals surface area contributed by atoms with E-state index in [1.54, 1.807) is 12.1 Å². The minimum Gasteiger partial charge on any atom is -0.487 e. The van der Waals surface area contributed by atoms with Gasteiger partial charge in [0.15, 0.2) is 0 Å². The van der Waals surface area contributed by atoms with Crippen LogP contribution in [0.2, 0.25) is 5.02 Å². The highest BCUT2D eigenvalue weighted by molar-refractivity contribution is 6.30. The SMILES string of the molecule is C[C@@H]1NCCn2c1nc1c(OCc3ccc(Cl)cc3C#N)cccc12. The second kappa shape index (κ2) is 6.40. The summed E-state index contributed by atoms with van der Waals surface area (Å²) < 4.78 is 8.25. The number of rotatable bonds is 3. The molecule has 0 spiro atoms. The molecule has 4 rings (SSSR count). The molecular weight excluding hydrogens is 336 g/mol. The molecule has 1 aliphatic heterocycles. The van der Waals surface area contributed by atoms with Crippen LogP contribution in [0.25, 0.3) is 11.0 Å². The van der Waals surface area contributed by atoms with Crippen LogP contribution in [0.3, 0.4) is 0 Å². The summed E-state index contributed by atoms with van der Waals surface area (Å²) in [5.41, 5.74) is 3.28. The zero-order valence-corrected chi connectivity index (χ0v) is 14.5. The van der Waals surface area contributed by atoms with Crippen molar-refractivity contribution in [3.8, 4) is 11.8 Å². The Balaban J connectivity index is 1.68. The van der Waals surface area contributed by atoms with Crippen LogP contribution in [-0.4, -0.2) is 16.1 Å². The normalized spacial score (nSPS) is 16.4. The highest BCUT2D eigenvalue weighted by Gasteiger charge is 2.21. The van der Waals surface area contributed by atoms with Crippen LogP contribution in [0.4, 0.5) is 0 Å². The Morgan fingerprint density at radius 3 is 3.12 bits per heavy atom. The van der Waals surface area contributed by atoms with Gasteiger partial charge < -0.3 is 14.6 Å². The van der Waals surface area contributed by atoms with Crippen molar-refractivity contribution in [2.45, 2.75) is 26.1 Å². The number of para-hydroxylation sites is 1. The molecule has 126 valence electrons. The third-order valence-corrected chi connectivity index (χ3v) is 4.76. The van der Waals surface area contributed by atoms with Crippen LogP contribution < -0.4 is 10.1 Å². The Bertz CT molecular complexity index is 989. The first-order chi connectivity index (χ1) is 12.2. The monoisotopic (exact) mass is 352 g/mol. The van der Waals surface area contributed by atoms with Crippen molar-refractivity contribution in [3.05, 3.63) is 58.4 Å². The smallest absolute Gasteiger partial charge is 0.147 e. The molecule has 0 saturated heterocycles. The van der Waals surface area contributed by atoms with Gasteiger partial charge in [-0.2, -0.15) is 5.26 Å². The van der Waals surface area contributed by atoms with E-state index in [4.69, 9.17) is 21.3 Å². The van der Waals surface area contributed by atoms with Crippen molar-refractivity contribution in [2.24, 2.45) is 0 Å². The molecule has 2 heterocycles. The van der Waals surface area contributed by atoms with E-state index in [0.29, 0.717) is 17.2 Å². The predicted molar refractivity (Wildman–Crippen MR) is 96.6 cm³/mol. The van der Waals surface area contributed by atoms with Crippen molar-refractivity contribution in [2.75, 3.05) is 6.54 Å². The maximum atomic E-state index is 9.26. The number of hydrogen-bond acceptors (Lipinski definition) is 4. The molecule has 0 radical (unpaired) electrons. The third-order valence-electron chi connectivity index (χ3n) is 4.52. The number of nitriles is 1. The number of benzene rings is 2. The Hall–Kier alpha value is -2.55. The summed E-state index contributed by atoms with van der Waals surface area (Å²) >= 11 is 5.95. The fourth-order valence-corrected chi connectivity index (χ4v) is 3.41. The minimum absolute atomic E-state index is 0.218. The van der Waals surface area contributed by atoms with Crippen molar-refractivity contribution in [3.63, 3.8) is 0 Å². The summed E-state index contributed by atoms with van der Waals surface area (Å²) in [5.74, 6) is 1.76. The van der Waals surface area contributed by atoms with Crippen molar-refractivity contribution >= 4 is 22.6 Å². The average molecular weight is 353 g/mol. The zero-order chi connectivity index (χ0) is 17.4. The van der Waals surface area contributed by atoms with Gasteiger partial charge in [-0.3, -0.25) is 0 Å². The van der Waals surface area contributed by atoms with Gasteiger partial charge in [0, 0.05) is 23.7 Å². The summed E-state index contributed by atoms with van der Waals surface area (Å²) in [6, 6.07) is 13.6. The summed E-state index contributed by atoms with van der Waals surface area (Å²) in [6.45, 7) is 4.25. The van der Waals surface area contributed by atoms with Gasteiger partial charge in [-0.1, -0.05) is 23.7 Å². The molecule has 0 bridgehead atoms. The molecule has 25 heavy (non-hydrogen) atoms. The second-order valence-corrected chi connectivity index (χ2v) is 6.56. The standard InChI is InChI=1S/C19H17ClN4O/c1-12-19-23-18-16(24(19)8-7-22-12)3-2-4-17(18)25-11-13-5-6-15(20)9-14(13)10-21/h2-6,9,12,22H,7-8,11H2,1H3/t12-/m0/s1. The van der Waals surface area contributed by atoms with Gasteiger partial charge in [-0.25, -0.2) is 4.98 Å². The first-order valence-corrected chi connectivity index (χ1v) is 8.59. The highest BCUT2D eigenvalue weighted by atomic mass is 35.5. The highest BCUT2D eigenvalue weighted by Crippen LogP contribution is 2.30. The number of halogens is 1. The van der Waals surface area contributed by atoms with Crippen LogP contribution in [0.5, 0.6) is 5.75 Å². The summed E-state index contributed by atoms with van der Waals surface area (Å²) in [6.07, 6.45) is 0. The van der Waals surface area contributed by atoms with Gasteiger partial charge >= 0.3 is 0 Å². The van der Waals surface area contributed by atoms with Crippen molar-refractivity contribution in [1.29, 1.82) is 5.26 Å². The van der Waals surface area contributed by atoms with Crippen LogP contribution >= 0.6 is 11.6 Å². The first kappa shape index (κ1) is 15.9. The Kier molecular flexibility index (Phi) is 4.08. The molecule has 5 nitrogen and oxygen atoms in total. The summed E-state index contributed by atoms with van der Waals surface area (Å²) in [7, 11) is 0. The van der Waals surface area contributed by atoms with E-state index in [2.05, 4.69) is 28.9 Å². The molecule has 0 unspecified atom stereocenters. The fourth-order valence-electron chi connectivity index (χ4n) is 3.24. The number of ether oxygens (including phenoxy) is 1. The molecule has 1 aliphatic rings. The predicted octanol–water partition coefficient (Wildman–Crippen LogP) is 3.80. The van der Waals surface area contributed by atoms with E-state index in [-0.39, 0.29) is 6.04 Å². The van der Waals surface area contributed by atoms with Gasteiger partial charge in [0.05, 0.1) is 23.2 Å². The van der Waals surface area contributed by atoms with E-state index in [0.717, 1.165) is 41.3 Å². The van der Waals surface area contributed by atoms with Gasteiger partial charge in [-0.05, 0) is 31.2 Å². The lowest BCUT2D eigenvalue weighted by molar-refractivity contribution is 0.309. The Morgan fingerprint density at radius 2 is 2.28 bits per heavy atom. The van der Waals surface area contributed by atoms with E-state index >= 15 is 0 Å². The van der Waals surface area contributed by atoms with Crippen LogP contribution in [-0.2, 0) is 13.2 Å². The summed E-state index contributed by atoms with van der Waals surface area (Å²) in [4.78, 5) is 4.79. The molecule has 1 aromatic heterocycles. The van der Waals surface area contributed by atoms with E-state index in [1.165, 1.54) is 0 Å². The Morgan fingerprint density at radius 1 is 1.40 bits per heavy atom. The zero-order valence-electron chi connectivity index (χ0n) is 13.8. The van der Waals surface area contributed by atoms with Gasteiger partial charge in [0.1, 0.15) is 23.7 Å². The van der Waals surface area contributed by atoms with Crippen molar-refractivity contribution in [1.82, 2.24) is 14.9 Å². The quantitative estimate of drug-likeness (QED) is 0.778. The molecule has 0 aliphatic carbocycles. The number of nitrogens with zero attached hydrogens (tertiary/aromatic N) is 3. The van der Waals surface area contributed by atoms with Crippen LogP contribution in [0.15, 0.2) is 36.4 Å². The van der Waals surface area contributed by atoms with E-state index < -0.39 is 0 Å². The largest absolute Gasteiger partial charge is 0.487 e. The maximum Gasteiger partial charge on any atom is 0.147 e. The van der Waals surface area contributed by atoms with Crippen LogP contribution in [0.1, 0.15) is 29.9 Å². The molecular formula is C19H17ClN4O. The molecule has 0 amide bonds. The first-order valence-electron chi connectivity index (χ1n) is 8.21.